The molecule has 0 spiro atoms. The van der Waals surface area contributed by atoms with Crippen molar-refractivity contribution in [3.05, 3.63) is 60.6 Å². The van der Waals surface area contributed by atoms with Gasteiger partial charge in [-0.25, -0.2) is 18.2 Å². The van der Waals surface area contributed by atoms with Crippen LogP contribution >= 0.6 is 0 Å². The molecule has 6 rings (SSSR count). The highest BCUT2D eigenvalue weighted by Crippen LogP contribution is 2.45. The number of aromatic nitrogens is 4. The molecule has 2 saturated heterocycles. The molecule has 3 aromatic heterocycles. The first-order valence-electron chi connectivity index (χ1n) is 13.2. The number of carbonyl (C=O) groups is 1. The van der Waals surface area contributed by atoms with E-state index in [9.17, 15) is 13.2 Å². The van der Waals surface area contributed by atoms with Crippen molar-refractivity contribution in [2.24, 2.45) is 0 Å². The van der Waals surface area contributed by atoms with Gasteiger partial charge in [-0.15, -0.1) is 0 Å². The number of fused-ring (bicyclic) bond motifs is 3. The molecule has 3 N–H and O–H groups in total. The summed E-state index contributed by atoms with van der Waals surface area (Å²) in [5, 5.41) is 7.32. The van der Waals surface area contributed by atoms with E-state index in [2.05, 4.69) is 15.4 Å². The van der Waals surface area contributed by atoms with E-state index in [1.165, 1.54) is 4.52 Å². The number of rotatable bonds is 5. The lowest BCUT2D eigenvalue weighted by Gasteiger charge is -2.39. The Hall–Kier alpha value is -3.99. The summed E-state index contributed by atoms with van der Waals surface area (Å²) in [5.41, 5.74) is 10.8. The average Bonchev–Trinajstić information content (AvgIpc) is 3.47. The number of nitrogens with two attached hydrogens (primary N) is 1. The highest BCUT2D eigenvalue weighted by molar-refractivity contribution is 7.91. The maximum absolute atomic E-state index is 13.0. The smallest absolute Gasteiger partial charge is 0.317 e. The van der Waals surface area contributed by atoms with Crippen molar-refractivity contribution in [2.45, 2.75) is 55.5 Å². The SMILES string of the molecule is CCNC(=O)N1C2CC[C@H]1C[C@H](c1nc3c(-c4ccc(-c5ccccc5)nc4)cnn3c(N)c1S(C)(=O)=O)C2. The summed E-state index contributed by atoms with van der Waals surface area (Å²) < 4.78 is 27.4. The van der Waals surface area contributed by atoms with Crippen LogP contribution in [0.2, 0.25) is 0 Å². The van der Waals surface area contributed by atoms with Gasteiger partial charge >= 0.3 is 6.03 Å². The largest absolute Gasteiger partial charge is 0.382 e. The summed E-state index contributed by atoms with van der Waals surface area (Å²) in [5.74, 6) is -0.0948. The van der Waals surface area contributed by atoms with Crippen LogP contribution in [0.4, 0.5) is 10.6 Å². The third-order valence-electron chi connectivity index (χ3n) is 7.86. The minimum Gasteiger partial charge on any atom is -0.382 e. The molecule has 39 heavy (non-hydrogen) atoms. The van der Waals surface area contributed by atoms with Crippen LogP contribution in [0.3, 0.4) is 0 Å². The summed E-state index contributed by atoms with van der Waals surface area (Å²) in [4.78, 5) is 24.2. The lowest BCUT2D eigenvalue weighted by molar-refractivity contribution is 0.137. The summed E-state index contributed by atoms with van der Waals surface area (Å²) in [6.45, 7) is 2.47. The fourth-order valence-electron chi connectivity index (χ4n) is 6.19. The second-order valence-corrected chi connectivity index (χ2v) is 12.3. The van der Waals surface area contributed by atoms with Gasteiger partial charge in [-0.1, -0.05) is 36.4 Å². The average molecular weight is 546 g/mol. The summed E-state index contributed by atoms with van der Waals surface area (Å²) in [6.07, 6.45) is 7.63. The van der Waals surface area contributed by atoms with Gasteiger partial charge in [-0.2, -0.15) is 9.61 Å². The molecule has 10 nitrogen and oxygen atoms in total. The van der Waals surface area contributed by atoms with Crippen LogP contribution in [0.25, 0.3) is 28.0 Å². The third-order valence-corrected chi connectivity index (χ3v) is 9.02. The van der Waals surface area contributed by atoms with E-state index >= 15 is 0 Å². The molecule has 0 radical (unpaired) electrons. The number of piperidine rings is 1. The van der Waals surface area contributed by atoms with Crippen molar-refractivity contribution in [3.63, 3.8) is 0 Å². The van der Waals surface area contributed by atoms with Crippen molar-refractivity contribution in [1.82, 2.24) is 29.8 Å². The Balaban J connectivity index is 1.42. The number of anilines is 1. The van der Waals surface area contributed by atoms with Gasteiger partial charge in [0.2, 0.25) is 0 Å². The molecule has 4 aromatic rings. The van der Waals surface area contributed by atoms with Gasteiger partial charge in [-0.05, 0) is 38.7 Å². The van der Waals surface area contributed by atoms with Gasteiger partial charge in [0.15, 0.2) is 15.5 Å². The van der Waals surface area contributed by atoms with Crippen molar-refractivity contribution >= 4 is 27.3 Å². The highest BCUT2D eigenvalue weighted by atomic mass is 32.2. The Bertz CT molecular complexity index is 1640. The Morgan fingerprint density at radius 1 is 1.05 bits per heavy atom. The Morgan fingerprint density at radius 3 is 2.38 bits per heavy atom. The normalized spacial score (nSPS) is 20.9. The maximum Gasteiger partial charge on any atom is 0.317 e. The molecule has 2 fully saturated rings. The molecule has 0 aliphatic carbocycles. The van der Waals surface area contributed by atoms with Crippen molar-refractivity contribution in [3.8, 4) is 22.4 Å². The van der Waals surface area contributed by atoms with E-state index in [1.807, 2.05) is 54.3 Å². The summed E-state index contributed by atoms with van der Waals surface area (Å²) in [6, 6.07) is 13.8. The number of hydrogen-bond acceptors (Lipinski definition) is 7. The minimum absolute atomic E-state index is 0.0260. The van der Waals surface area contributed by atoms with Crippen LogP contribution in [-0.2, 0) is 9.84 Å². The van der Waals surface area contributed by atoms with Crippen LogP contribution in [0, 0.1) is 0 Å². The van der Waals surface area contributed by atoms with Gasteiger partial charge < -0.3 is 16.0 Å². The van der Waals surface area contributed by atoms with Crippen molar-refractivity contribution in [2.75, 3.05) is 18.5 Å². The zero-order valence-corrected chi connectivity index (χ0v) is 22.7. The number of nitrogen functional groups attached to an aromatic ring is 1. The van der Waals surface area contributed by atoms with E-state index in [0.717, 1.165) is 41.5 Å². The molecule has 3 atom stereocenters. The predicted molar refractivity (Wildman–Crippen MR) is 149 cm³/mol. The number of pyridine rings is 1. The number of benzene rings is 1. The number of sulfone groups is 1. The Morgan fingerprint density at radius 2 is 1.77 bits per heavy atom. The van der Waals surface area contributed by atoms with E-state index in [1.54, 1.807) is 12.4 Å². The first-order chi connectivity index (χ1) is 18.8. The Kier molecular flexibility index (Phi) is 6.25. The molecule has 2 bridgehead atoms. The minimum atomic E-state index is -3.70. The molecule has 202 valence electrons. The number of hydrogen-bond donors (Lipinski definition) is 2. The van der Waals surface area contributed by atoms with Crippen LogP contribution in [0.1, 0.15) is 44.2 Å². The fraction of sp³-hybridized carbons (Fsp3) is 0.357. The van der Waals surface area contributed by atoms with E-state index < -0.39 is 9.84 Å². The van der Waals surface area contributed by atoms with Gasteiger partial charge in [-0.3, -0.25) is 4.98 Å². The van der Waals surface area contributed by atoms with Crippen LogP contribution in [0.15, 0.2) is 59.8 Å². The quantitative estimate of drug-likeness (QED) is 0.388. The Labute approximate surface area is 227 Å². The highest BCUT2D eigenvalue weighted by Gasteiger charge is 2.45. The van der Waals surface area contributed by atoms with Crippen LogP contribution < -0.4 is 11.1 Å². The first-order valence-corrected chi connectivity index (χ1v) is 15.1. The topological polar surface area (TPSA) is 136 Å². The lowest BCUT2D eigenvalue weighted by atomic mass is 9.88. The molecule has 11 heteroatoms. The number of nitrogens with zero attached hydrogens (tertiary/aromatic N) is 5. The number of carbonyl (C=O) groups excluding carboxylic acids is 1. The molecule has 1 aromatic carbocycles. The van der Waals surface area contributed by atoms with Crippen molar-refractivity contribution in [1.29, 1.82) is 0 Å². The van der Waals surface area contributed by atoms with Gasteiger partial charge in [0.05, 0.1) is 17.6 Å². The molecule has 1 unspecified atom stereocenters. The fourth-order valence-corrected chi connectivity index (χ4v) is 7.24. The third kappa shape index (κ3) is 4.40. The zero-order chi connectivity index (χ0) is 27.3. The molecular weight excluding hydrogens is 514 g/mol. The molecule has 2 amide bonds. The molecule has 5 heterocycles. The van der Waals surface area contributed by atoms with Crippen LogP contribution in [0.5, 0.6) is 0 Å². The van der Waals surface area contributed by atoms with E-state index in [-0.39, 0.29) is 34.7 Å². The van der Waals surface area contributed by atoms with E-state index in [4.69, 9.17) is 10.7 Å². The monoisotopic (exact) mass is 545 g/mol. The van der Waals surface area contributed by atoms with Crippen molar-refractivity contribution < 1.29 is 13.2 Å². The molecule has 2 aliphatic rings. The molecular formula is C28H31N7O3S. The van der Waals surface area contributed by atoms with Gasteiger partial charge in [0.1, 0.15) is 10.7 Å². The molecule has 0 saturated carbocycles. The number of nitrogens with one attached hydrogen (secondary N) is 1. The predicted octanol–water partition coefficient (Wildman–Crippen LogP) is 3.88. The van der Waals surface area contributed by atoms with Crippen LogP contribution in [-0.4, -0.2) is 63.8 Å². The second-order valence-electron chi connectivity index (χ2n) is 10.4. The molecule has 2 aliphatic heterocycles. The number of urea groups is 1. The van der Waals surface area contributed by atoms with Gasteiger partial charge in [0.25, 0.3) is 0 Å². The second kappa shape index (κ2) is 9.64. The summed E-state index contributed by atoms with van der Waals surface area (Å²) in [7, 11) is -3.70. The maximum atomic E-state index is 13.0. The lowest BCUT2D eigenvalue weighted by Crippen LogP contribution is -2.50. The number of amides is 2. The van der Waals surface area contributed by atoms with Gasteiger partial charge in [0, 0.05) is 53.7 Å². The van der Waals surface area contributed by atoms with E-state index in [0.29, 0.717) is 30.7 Å². The standard InChI is InChI=1S/C28H31N7O3S/c1-3-30-28(36)34-20-10-11-21(34)14-19(13-20)24-25(39(2,37)38)26(29)35-27(33-24)22(16-32-35)18-9-12-23(31-15-18)17-7-5-4-6-8-17/h4-9,12,15-16,19-21H,3,10-11,13-14,29H2,1-2H3,(H,30,36)/t19-,20-,21?/m0/s1. The first kappa shape index (κ1) is 25.3. The zero-order valence-electron chi connectivity index (χ0n) is 21.9. The summed E-state index contributed by atoms with van der Waals surface area (Å²) >= 11 is 0.